The number of piperidine rings is 2. The molecular weight excluding hydrogens is 756 g/mol. The first kappa shape index (κ1) is 38.0. The van der Waals surface area contributed by atoms with E-state index in [1.807, 2.05) is 18.2 Å². The molecule has 2 aromatic carbocycles. The zero-order valence-electron chi connectivity index (χ0n) is 31.5. The van der Waals surface area contributed by atoms with Crippen LogP contribution in [0.5, 0.6) is 11.5 Å². The second kappa shape index (κ2) is 15.6. The molecule has 3 fully saturated rings. The lowest BCUT2D eigenvalue weighted by Crippen LogP contribution is -2.54. The van der Waals surface area contributed by atoms with Gasteiger partial charge in [0.2, 0.25) is 17.8 Å². The molecule has 16 nitrogen and oxygen atoms in total. The summed E-state index contributed by atoms with van der Waals surface area (Å²) < 4.78 is 13.2. The number of halogens is 1. The van der Waals surface area contributed by atoms with E-state index in [0.29, 0.717) is 46.4 Å². The van der Waals surface area contributed by atoms with Gasteiger partial charge in [-0.25, -0.2) is 4.98 Å². The van der Waals surface area contributed by atoms with E-state index >= 15 is 0 Å². The summed E-state index contributed by atoms with van der Waals surface area (Å²) in [4.78, 5) is 89.6. The highest BCUT2D eigenvalue weighted by atomic mass is 35.5. The SMILES string of the molecule is CC(=O)COc1cc2cc(Nc3nc(N4CCC(N5CCCC5COc5ccc6c(c5)C(=O)N(C5CCC(=O)NC5=O)C6=O)CC4)ncc3Cl)ccc2n(C)c1=O. The number of Topliss-reactive ketones (excluding diaryl/α,β-unsaturated/α-hetero) is 1. The van der Waals surface area contributed by atoms with Gasteiger partial charge in [-0.1, -0.05) is 11.6 Å². The third-order valence-electron chi connectivity index (χ3n) is 11.1. The number of amides is 4. The van der Waals surface area contributed by atoms with Gasteiger partial charge in [0.05, 0.1) is 22.8 Å². The molecule has 0 saturated carbocycles. The van der Waals surface area contributed by atoms with Crippen molar-refractivity contribution in [3.63, 3.8) is 0 Å². The van der Waals surface area contributed by atoms with Crippen LogP contribution in [-0.4, -0.2) is 105 Å². The maximum Gasteiger partial charge on any atom is 0.293 e. The van der Waals surface area contributed by atoms with Crippen molar-refractivity contribution in [2.75, 3.05) is 43.1 Å². The number of pyridine rings is 1. The molecule has 4 aliphatic rings. The van der Waals surface area contributed by atoms with Crippen LogP contribution in [0.1, 0.15) is 66.2 Å². The van der Waals surface area contributed by atoms with Gasteiger partial charge in [-0.3, -0.25) is 43.9 Å². The molecule has 0 aliphatic carbocycles. The van der Waals surface area contributed by atoms with Gasteiger partial charge in [-0.2, -0.15) is 4.98 Å². The van der Waals surface area contributed by atoms with Gasteiger partial charge in [-0.05, 0) is 88.0 Å². The van der Waals surface area contributed by atoms with Crippen LogP contribution in [0.15, 0.2) is 53.5 Å². The van der Waals surface area contributed by atoms with Gasteiger partial charge in [0.25, 0.3) is 17.4 Å². The minimum atomic E-state index is -1.02. The molecule has 4 aliphatic heterocycles. The van der Waals surface area contributed by atoms with Crippen LogP contribution in [0.2, 0.25) is 5.02 Å². The third kappa shape index (κ3) is 7.54. The highest BCUT2D eigenvalue weighted by molar-refractivity contribution is 6.33. The zero-order valence-corrected chi connectivity index (χ0v) is 32.2. The third-order valence-corrected chi connectivity index (χ3v) is 11.4. The number of benzene rings is 2. The van der Waals surface area contributed by atoms with E-state index < -0.39 is 29.7 Å². The average Bonchev–Trinajstić information content (AvgIpc) is 3.77. The van der Waals surface area contributed by atoms with Crippen molar-refractivity contribution in [2.24, 2.45) is 7.05 Å². The molecule has 0 bridgehead atoms. The molecule has 17 heteroatoms. The fourth-order valence-electron chi connectivity index (χ4n) is 8.20. The second-order valence-electron chi connectivity index (χ2n) is 14.8. The summed E-state index contributed by atoms with van der Waals surface area (Å²) in [6.45, 7) is 4.07. The monoisotopic (exact) mass is 796 g/mol. The summed E-state index contributed by atoms with van der Waals surface area (Å²) in [5.74, 6) is -0.787. The van der Waals surface area contributed by atoms with Gasteiger partial charge in [0.1, 0.15) is 30.0 Å². The summed E-state index contributed by atoms with van der Waals surface area (Å²) >= 11 is 6.55. The van der Waals surface area contributed by atoms with Gasteiger partial charge in [-0.15, -0.1) is 0 Å². The number of ketones is 1. The molecule has 4 aromatic rings. The average molecular weight is 797 g/mol. The number of fused-ring (bicyclic) bond motifs is 2. The molecule has 2 unspecified atom stereocenters. The van der Waals surface area contributed by atoms with E-state index in [9.17, 15) is 28.8 Å². The summed E-state index contributed by atoms with van der Waals surface area (Å²) in [5.41, 5.74) is 1.47. The molecule has 6 heterocycles. The topological polar surface area (TPSA) is 185 Å². The number of carbonyl (C=O) groups excluding carboxylic acids is 5. The van der Waals surface area contributed by atoms with Gasteiger partial charge < -0.3 is 24.3 Å². The Bertz CT molecular complexity index is 2380. The number of imide groups is 2. The van der Waals surface area contributed by atoms with Gasteiger partial charge >= 0.3 is 0 Å². The Balaban J connectivity index is 0.881. The van der Waals surface area contributed by atoms with Crippen LogP contribution in [0.3, 0.4) is 0 Å². The van der Waals surface area contributed by atoms with Crippen LogP contribution in [0.25, 0.3) is 10.9 Å². The van der Waals surface area contributed by atoms with Crippen LogP contribution in [0, 0.1) is 0 Å². The summed E-state index contributed by atoms with van der Waals surface area (Å²) in [6.07, 6.45) is 5.55. The first-order valence-corrected chi connectivity index (χ1v) is 19.4. The number of nitrogens with one attached hydrogen (secondary N) is 2. The molecule has 0 radical (unpaired) electrons. The molecule has 2 atom stereocenters. The van der Waals surface area contributed by atoms with Crippen molar-refractivity contribution in [1.82, 2.24) is 29.7 Å². The number of rotatable bonds is 11. The van der Waals surface area contributed by atoms with E-state index in [1.165, 1.54) is 11.5 Å². The van der Waals surface area contributed by atoms with Crippen molar-refractivity contribution < 1.29 is 33.4 Å². The standard InChI is InChI=1S/C40H41ClN8O8/c1-22(50)20-57-33-17-23-16-24(5-8-31(23)46(2)39(33)55)43-35-30(41)19-42-40(45-35)47-14-11-25(12-15-47)48-13-3-4-26(48)21-56-27-6-7-28-29(18-27)38(54)49(37(28)53)32-9-10-34(51)44-36(32)52/h5-8,16-19,25-26,32H,3-4,9-15,20-21H2,1-2H3,(H,42,43,45)(H,44,51,52). The van der Waals surface area contributed by atoms with E-state index in [0.717, 1.165) is 55.6 Å². The Hall–Kier alpha value is -5.87. The Labute approximate surface area is 332 Å². The number of ether oxygens (including phenoxy) is 2. The maximum atomic E-state index is 13.3. The number of hydrogen-bond donors (Lipinski definition) is 2. The van der Waals surface area contributed by atoms with Crippen molar-refractivity contribution in [3.8, 4) is 11.5 Å². The van der Waals surface area contributed by atoms with Crippen LogP contribution in [-0.2, 0) is 21.4 Å². The van der Waals surface area contributed by atoms with Crippen molar-refractivity contribution >= 4 is 69.4 Å². The van der Waals surface area contributed by atoms with Gasteiger partial charge in [0, 0.05) is 49.7 Å². The Morgan fingerprint density at radius 2 is 1.74 bits per heavy atom. The quantitative estimate of drug-likeness (QED) is 0.210. The molecule has 0 spiro atoms. The number of nitrogens with zero attached hydrogens (tertiary/aromatic N) is 6. The molecule has 4 amide bonds. The maximum absolute atomic E-state index is 13.3. The smallest absolute Gasteiger partial charge is 0.293 e. The van der Waals surface area contributed by atoms with Crippen LogP contribution in [0.4, 0.5) is 17.5 Å². The lowest BCUT2D eigenvalue weighted by atomic mass is 10.0. The fraction of sp³-hybridized carbons (Fsp3) is 0.400. The second-order valence-corrected chi connectivity index (χ2v) is 15.3. The van der Waals surface area contributed by atoms with E-state index in [2.05, 4.69) is 25.4 Å². The molecule has 8 rings (SSSR count). The number of hydrogen-bond acceptors (Lipinski definition) is 13. The predicted octanol–water partition coefficient (Wildman–Crippen LogP) is 3.61. The minimum absolute atomic E-state index is 0.0610. The Morgan fingerprint density at radius 3 is 2.51 bits per heavy atom. The lowest BCUT2D eigenvalue weighted by molar-refractivity contribution is -0.136. The summed E-state index contributed by atoms with van der Waals surface area (Å²) in [5, 5.41) is 6.60. The highest BCUT2D eigenvalue weighted by Gasteiger charge is 2.45. The number of likely N-dealkylation sites (tertiary alicyclic amines) is 1. The lowest BCUT2D eigenvalue weighted by Gasteiger charge is -2.39. The number of aryl methyl sites for hydroxylation is 1. The molecule has 2 aromatic heterocycles. The summed E-state index contributed by atoms with van der Waals surface area (Å²) in [6, 6.07) is 11.4. The highest BCUT2D eigenvalue weighted by Crippen LogP contribution is 2.33. The largest absolute Gasteiger partial charge is 0.492 e. The Kier molecular flexibility index (Phi) is 10.4. The number of anilines is 3. The molecule has 57 heavy (non-hydrogen) atoms. The van der Waals surface area contributed by atoms with E-state index in [1.54, 1.807) is 37.5 Å². The first-order valence-electron chi connectivity index (χ1n) is 19.0. The first-order chi connectivity index (χ1) is 27.4. The molecular formula is C40H41ClN8O8. The van der Waals surface area contributed by atoms with Gasteiger partial charge in [0.15, 0.2) is 17.4 Å². The molecule has 296 valence electrons. The van der Waals surface area contributed by atoms with Crippen molar-refractivity contribution in [3.05, 3.63) is 75.2 Å². The fourth-order valence-corrected chi connectivity index (χ4v) is 8.33. The normalized spacial score (nSPS) is 20.3. The van der Waals surface area contributed by atoms with E-state index in [4.69, 9.17) is 26.1 Å². The molecule has 2 N–H and O–H groups in total. The van der Waals surface area contributed by atoms with Crippen LogP contribution >= 0.6 is 11.6 Å². The Morgan fingerprint density at radius 1 is 0.947 bits per heavy atom. The number of aromatic nitrogens is 3. The van der Waals surface area contributed by atoms with Crippen molar-refractivity contribution in [1.29, 1.82) is 0 Å². The minimum Gasteiger partial charge on any atom is -0.492 e. The predicted molar refractivity (Wildman–Crippen MR) is 209 cm³/mol. The van der Waals surface area contributed by atoms with Crippen molar-refractivity contribution in [2.45, 2.75) is 63.6 Å². The molecule has 3 saturated heterocycles. The number of carbonyl (C=O) groups is 5. The van der Waals surface area contributed by atoms with E-state index in [-0.39, 0.29) is 53.7 Å². The summed E-state index contributed by atoms with van der Waals surface area (Å²) in [7, 11) is 1.65. The van der Waals surface area contributed by atoms with Crippen LogP contribution < -0.4 is 30.6 Å². The zero-order chi connectivity index (χ0) is 40.0.